The lowest BCUT2D eigenvalue weighted by atomic mass is 9.60. The molecule has 5 N–H and O–H groups in total. The van der Waals surface area contributed by atoms with Crippen LogP contribution in [0.15, 0.2) is 35.5 Å². The lowest BCUT2D eigenvalue weighted by Gasteiger charge is -2.44. The molecule has 0 spiro atoms. The van der Waals surface area contributed by atoms with E-state index in [1.165, 1.54) is 24.8 Å². The van der Waals surface area contributed by atoms with Crippen molar-refractivity contribution < 1.29 is 30.3 Å². The molecular weight excluding hydrogens is 456 g/mol. The van der Waals surface area contributed by atoms with Crippen LogP contribution in [0.1, 0.15) is 79.1 Å². The minimum absolute atomic E-state index is 0.153. The van der Waals surface area contributed by atoms with Gasteiger partial charge in [0.05, 0.1) is 25.4 Å². The normalized spacial score (nSPS) is 37.9. The summed E-state index contributed by atoms with van der Waals surface area (Å²) in [6.07, 6.45) is 8.04. The first-order chi connectivity index (χ1) is 17.0. The number of rotatable bonds is 10. The number of fused-ring (bicyclic) bond motifs is 1. The van der Waals surface area contributed by atoms with Gasteiger partial charge in [0.1, 0.15) is 18.3 Å². The molecular formula is C30H50O6. The number of hydrogen-bond donors (Lipinski definition) is 5. The van der Waals surface area contributed by atoms with Gasteiger partial charge in [-0.1, -0.05) is 52.0 Å². The molecule has 3 aliphatic rings. The average Bonchev–Trinajstić information content (AvgIpc) is 3.17. The lowest BCUT2D eigenvalue weighted by Crippen LogP contribution is -2.46. The van der Waals surface area contributed by atoms with Crippen molar-refractivity contribution in [2.24, 2.45) is 29.1 Å². The van der Waals surface area contributed by atoms with Gasteiger partial charge in [0.25, 0.3) is 0 Å². The highest BCUT2D eigenvalue weighted by Crippen LogP contribution is 2.60. The molecule has 36 heavy (non-hydrogen) atoms. The maximum Gasteiger partial charge on any atom is 0.114 e. The van der Waals surface area contributed by atoms with Crippen LogP contribution in [-0.4, -0.2) is 69.3 Å². The highest BCUT2D eigenvalue weighted by Gasteiger charge is 2.50. The molecule has 0 aromatic rings. The summed E-state index contributed by atoms with van der Waals surface area (Å²) in [6.45, 7) is 12.6. The second-order valence-corrected chi connectivity index (χ2v) is 12.4. The molecule has 3 aliphatic carbocycles. The molecule has 0 aromatic heterocycles. The Labute approximate surface area is 217 Å². The zero-order valence-corrected chi connectivity index (χ0v) is 22.8. The first kappa shape index (κ1) is 29.5. The molecule has 0 heterocycles. The van der Waals surface area contributed by atoms with E-state index in [0.717, 1.165) is 31.3 Å². The van der Waals surface area contributed by atoms with Crippen molar-refractivity contribution in [1.82, 2.24) is 0 Å². The van der Waals surface area contributed by atoms with Crippen molar-refractivity contribution >= 4 is 0 Å². The number of allylic oxidation sites excluding steroid dienone is 3. The van der Waals surface area contributed by atoms with Crippen molar-refractivity contribution in [3.8, 4) is 0 Å². The maximum atomic E-state index is 10.7. The van der Waals surface area contributed by atoms with Gasteiger partial charge in [0.2, 0.25) is 0 Å². The van der Waals surface area contributed by atoms with Crippen LogP contribution >= 0.6 is 0 Å². The highest BCUT2D eigenvalue weighted by atomic mass is 16.5. The van der Waals surface area contributed by atoms with Crippen LogP contribution in [0.2, 0.25) is 0 Å². The van der Waals surface area contributed by atoms with Gasteiger partial charge in [-0.15, -0.1) is 0 Å². The minimum atomic E-state index is -1.06. The molecule has 3 fully saturated rings. The van der Waals surface area contributed by atoms with E-state index in [1.807, 2.05) is 6.08 Å². The SMILES string of the molecule is C=C1/C(=C\C=C2/CCC[C@]3(C)[C@@H]([C@H](C)CC(O)CC(C)C)CC[C@@H]23)C[C@@H](O)[C@H](OC[C@H](O)CO)[C@@H]1O. The molecule has 0 bridgehead atoms. The standard InChI is InChI=1S/C30H50O6/c1-18(2)13-23(32)14-19(3)25-10-11-26-21(7-6-12-30(25,26)5)8-9-22-15-27(34)29(28(35)20(22)4)36-17-24(33)16-31/h8-9,18-19,23-29,31-35H,4,6-7,10-17H2,1-3,5H3/b21-8+,22-9-/t19-,23?,24-,25-,26+,27-,28-,29+,30-/m1/s1. The van der Waals surface area contributed by atoms with Crippen molar-refractivity contribution in [3.05, 3.63) is 35.5 Å². The lowest BCUT2D eigenvalue weighted by molar-refractivity contribution is -0.117. The molecule has 6 heteroatoms. The molecule has 6 nitrogen and oxygen atoms in total. The van der Waals surface area contributed by atoms with Gasteiger partial charge < -0.3 is 30.3 Å². The summed E-state index contributed by atoms with van der Waals surface area (Å²) in [4.78, 5) is 0. The fourth-order valence-electron chi connectivity index (χ4n) is 7.38. The van der Waals surface area contributed by atoms with E-state index in [9.17, 15) is 20.4 Å². The van der Waals surface area contributed by atoms with Gasteiger partial charge in [-0.3, -0.25) is 0 Å². The van der Waals surface area contributed by atoms with Crippen molar-refractivity contribution in [2.75, 3.05) is 13.2 Å². The third-order valence-electron chi connectivity index (χ3n) is 9.19. The summed E-state index contributed by atoms with van der Waals surface area (Å²) < 4.78 is 5.49. The van der Waals surface area contributed by atoms with Crippen LogP contribution in [0, 0.1) is 29.1 Å². The van der Waals surface area contributed by atoms with Crippen molar-refractivity contribution in [3.63, 3.8) is 0 Å². The number of aliphatic hydroxyl groups is 5. The van der Waals surface area contributed by atoms with Gasteiger partial charge in [-0.2, -0.15) is 0 Å². The molecule has 0 aliphatic heterocycles. The second kappa shape index (κ2) is 12.7. The Morgan fingerprint density at radius 3 is 2.47 bits per heavy atom. The number of aliphatic hydroxyl groups excluding tert-OH is 5. The van der Waals surface area contributed by atoms with Crippen LogP contribution in [0.3, 0.4) is 0 Å². The Kier molecular flexibility index (Phi) is 10.4. The molecule has 0 aromatic carbocycles. The highest BCUT2D eigenvalue weighted by molar-refractivity contribution is 5.40. The van der Waals surface area contributed by atoms with Crippen LogP contribution in [0.25, 0.3) is 0 Å². The monoisotopic (exact) mass is 506 g/mol. The Morgan fingerprint density at radius 1 is 1.08 bits per heavy atom. The van der Waals surface area contributed by atoms with E-state index >= 15 is 0 Å². The first-order valence-corrected chi connectivity index (χ1v) is 14.0. The zero-order valence-electron chi connectivity index (χ0n) is 22.8. The van der Waals surface area contributed by atoms with E-state index in [1.54, 1.807) is 0 Å². The average molecular weight is 507 g/mol. The van der Waals surface area contributed by atoms with E-state index < -0.39 is 31.0 Å². The van der Waals surface area contributed by atoms with Gasteiger partial charge >= 0.3 is 0 Å². The Hall–Kier alpha value is -1.02. The molecule has 0 saturated heterocycles. The summed E-state index contributed by atoms with van der Waals surface area (Å²) in [5.41, 5.74) is 3.07. The molecule has 206 valence electrons. The third-order valence-corrected chi connectivity index (χ3v) is 9.19. The van der Waals surface area contributed by atoms with E-state index in [-0.39, 0.29) is 18.1 Å². The Morgan fingerprint density at radius 2 is 1.81 bits per heavy atom. The predicted octanol–water partition coefficient (Wildman–Crippen LogP) is 3.91. The Bertz CT molecular complexity index is 803. The summed E-state index contributed by atoms with van der Waals surface area (Å²) >= 11 is 0. The fraction of sp³-hybridized carbons (Fsp3) is 0.800. The molecule has 9 atom stereocenters. The van der Waals surface area contributed by atoms with Crippen LogP contribution in [-0.2, 0) is 4.74 Å². The third kappa shape index (κ3) is 6.69. The van der Waals surface area contributed by atoms with E-state index in [4.69, 9.17) is 9.84 Å². The first-order valence-electron chi connectivity index (χ1n) is 14.0. The van der Waals surface area contributed by atoms with Crippen molar-refractivity contribution in [1.29, 1.82) is 0 Å². The summed E-state index contributed by atoms with van der Waals surface area (Å²) in [7, 11) is 0. The maximum absolute atomic E-state index is 10.7. The van der Waals surface area contributed by atoms with Crippen molar-refractivity contribution in [2.45, 2.75) is 110 Å². The van der Waals surface area contributed by atoms with E-state index in [2.05, 4.69) is 40.3 Å². The smallest absolute Gasteiger partial charge is 0.114 e. The quantitative estimate of drug-likeness (QED) is 0.307. The summed E-state index contributed by atoms with van der Waals surface area (Å²) in [5, 5.41) is 50.4. The zero-order chi connectivity index (χ0) is 26.6. The van der Waals surface area contributed by atoms with Gasteiger partial charge in [-0.05, 0) is 85.2 Å². The molecule has 1 unspecified atom stereocenters. The van der Waals surface area contributed by atoms with E-state index in [0.29, 0.717) is 35.7 Å². The Balaban J connectivity index is 1.69. The van der Waals surface area contributed by atoms with Gasteiger partial charge in [0, 0.05) is 6.42 Å². The van der Waals surface area contributed by atoms with Crippen LogP contribution in [0.4, 0.5) is 0 Å². The largest absolute Gasteiger partial charge is 0.394 e. The second-order valence-electron chi connectivity index (χ2n) is 12.4. The number of hydrogen-bond acceptors (Lipinski definition) is 6. The molecule has 0 amide bonds. The fourth-order valence-corrected chi connectivity index (χ4v) is 7.38. The van der Waals surface area contributed by atoms with Crippen LogP contribution in [0.5, 0.6) is 0 Å². The molecule has 3 saturated carbocycles. The topological polar surface area (TPSA) is 110 Å². The van der Waals surface area contributed by atoms with Gasteiger partial charge in [-0.25, -0.2) is 0 Å². The minimum Gasteiger partial charge on any atom is -0.394 e. The summed E-state index contributed by atoms with van der Waals surface area (Å²) in [6, 6.07) is 0. The molecule has 3 rings (SSSR count). The number of ether oxygens (including phenoxy) is 1. The molecule has 0 radical (unpaired) electrons. The summed E-state index contributed by atoms with van der Waals surface area (Å²) in [5.74, 6) is 2.15. The predicted molar refractivity (Wildman–Crippen MR) is 142 cm³/mol. The van der Waals surface area contributed by atoms with Crippen LogP contribution < -0.4 is 0 Å². The van der Waals surface area contributed by atoms with Gasteiger partial charge in [0.15, 0.2) is 0 Å².